The maximum atomic E-state index is 9.64. The number of thiocarbonyl (C=S) groups is 1. The highest BCUT2D eigenvalue weighted by Gasteiger charge is 2.14. The molecule has 4 N–H and O–H groups in total. The van der Waals surface area contributed by atoms with E-state index in [4.69, 9.17) is 12.2 Å². The molecular formula is C13H18N2O2S. The summed E-state index contributed by atoms with van der Waals surface area (Å²) in [5, 5.41) is 25.5. The molecular weight excluding hydrogens is 248 g/mol. The Morgan fingerprint density at radius 2 is 1.89 bits per heavy atom. The Bertz CT molecular complexity index is 431. The molecule has 0 aromatic heterocycles. The fourth-order valence-corrected chi connectivity index (χ4v) is 2.49. The average Bonchev–Trinajstić information content (AvgIpc) is 2.34. The second-order valence-corrected chi connectivity index (χ2v) is 5.04. The van der Waals surface area contributed by atoms with E-state index in [2.05, 4.69) is 10.6 Å². The fourth-order valence-electron chi connectivity index (χ4n) is 2.22. The quantitative estimate of drug-likeness (QED) is 0.376. The van der Waals surface area contributed by atoms with Crippen molar-refractivity contribution in [3.8, 4) is 11.5 Å². The standard InChI is InChI=1S/C13H18N2O2S/c16-10-6-7-11(12(17)8-10)15-13(18)14-9-4-2-1-3-5-9/h6-9,16-17H,1-5H2,(H2,14,15,18). The van der Waals surface area contributed by atoms with Crippen molar-refractivity contribution in [2.45, 2.75) is 38.1 Å². The largest absolute Gasteiger partial charge is 0.508 e. The smallest absolute Gasteiger partial charge is 0.171 e. The van der Waals surface area contributed by atoms with Crippen LogP contribution in [-0.2, 0) is 0 Å². The van der Waals surface area contributed by atoms with E-state index in [1.807, 2.05) is 0 Å². The van der Waals surface area contributed by atoms with E-state index >= 15 is 0 Å². The van der Waals surface area contributed by atoms with Gasteiger partial charge < -0.3 is 20.8 Å². The number of nitrogens with one attached hydrogen (secondary N) is 2. The lowest BCUT2D eigenvalue weighted by Crippen LogP contribution is -2.38. The third-order valence-corrected chi connectivity index (χ3v) is 3.39. The van der Waals surface area contributed by atoms with Gasteiger partial charge in [0.25, 0.3) is 0 Å². The lowest BCUT2D eigenvalue weighted by Gasteiger charge is -2.24. The highest BCUT2D eigenvalue weighted by molar-refractivity contribution is 7.80. The topological polar surface area (TPSA) is 64.5 Å². The van der Waals surface area contributed by atoms with Crippen LogP contribution in [0.5, 0.6) is 11.5 Å². The molecule has 1 fully saturated rings. The molecule has 0 unspecified atom stereocenters. The average molecular weight is 266 g/mol. The van der Waals surface area contributed by atoms with Crippen LogP contribution in [0.1, 0.15) is 32.1 Å². The zero-order valence-corrected chi connectivity index (χ0v) is 11.0. The van der Waals surface area contributed by atoms with Crippen molar-refractivity contribution in [3.63, 3.8) is 0 Å². The molecule has 0 amide bonds. The number of hydrogen-bond donors (Lipinski definition) is 4. The van der Waals surface area contributed by atoms with Gasteiger partial charge in [-0.05, 0) is 37.2 Å². The predicted octanol–water partition coefficient (Wildman–Crippen LogP) is 2.72. The summed E-state index contributed by atoms with van der Waals surface area (Å²) in [6.45, 7) is 0. The zero-order chi connectivity index (χ0) is 13.0. The lowest BCUT2D eigenvalue weighted by molar-refractivity contribution is 0.414. The normalized spacial score (nSPS) is 16.2. The van der Waals surface area contributed by atoms with Gasteiger partial charge >= 0.3 is 0 Å². The number of aromatic hydroxyl groups is 2. The van der Waals surface area contributed by atoms with Crippen LogP contribution in [0.4, 0.5) is 5.69 Å². The Morgan fingerprint density at radius 3 is 2.56 bits per heavy atom. The second kappa shape index (κ2) is 5.91. The predicted molar refractivity (Wildman–Crippen MR) is 76.0 cm³/mol. The van der Waals surface area contributed by atoms with E-state index in [1.165, 1.54) is 31.4 Å². The molecule has 0 radical (unpaired) electrons. The maximum Gasteiger partial charge on any atom is 0.171 e. The minimum absolute atomic E-state index is 0.0113. The molecule has 0 atom stereocenters. The van der Waals surface area contributed by atoms with Crippen molar-refractivity contribution >= 4 is 23.0 Å². The van der Waals surface area contributed by atoms with Crippen molar-refractivity contribution in [2.75, 3.05) is 5.32 Å². The number of anilines is 1. The SMILES string of the molecule is Oc1ccc(NC(=S)NC2CCCCC2)c(O)c1. The minimum atomic E-state index is -0.0113. The Labute approximate surface area is 112 Å². The summed E-state index contributed by atoms with van der Waals surface area (Å²) in [5.41, 5.74) is 0.501. The molecule has 98 valence electrons. The highest BCUT2D eigenvalue weighted by Crippen LogP contribution is 2.27. The van der Waals surface area contributed by atoms with Crippen molar-refractivity contribution in [2.24, 2.45) is 0 Å². The van der Waals surface area contributed by atoms with Gasteiger partial charge in [-0.3, -0.25) is 0 Å². The first-order valence-electron chi connectivity index (χ1n) is 6.24. The van der Waals surface area contributed by atoms with Crippen molar-refractivity contribution < 1.29 is 10.2 Å². The zero-order valence-electron chi connectivity index (χ0n) is 10.1. The summed E-state index contributed by atoms with van der Waals surface area (Å²) in [6.07, 6.45) is 6.07. The van der Waals surface area contributed by atoms with Crippen LogP contribution in [-0.4, -0.2) is 21.4 Å². The van der Waals surface area contributed by atoms with E-state index in [-0.39, 0.29) is 11.5 Å². The molecule has 1 aromatic carbocycles. The van der Waals surface area contributed by atoms with Gasteiger partial charge in [-0.15, -0.1) is 0 Å². The number of rotatable bonds is 2. The maximum absolute atomic E-state index is 9.64. The molecule has 4 nitrogen and oxygen atoms in total. The molecule has 0 aliphatic heterocycles. The molecule has 0 bridgehead atoms. The first-order valence-corrected chi connectivity index (χ1v) is 6.65. The number of hydrogen-bond acceptors (Lipinski definition) is 3. The van der Waals surface area contributed by atoms with E-state index < -0.39 is 0 Å². The summed E-state index contributed by atoms with van der Waals surface area (Å²) >= 11 is 5.21. The van der Waals surface area contributed by atoms with Gasteiger partial charge in [0, 0.05) is 12.1 Å². The van der Waals surface area contributed by atoms with E-state index in [1.54, 1.807) is 6.07 Å². The van der Waals surface area contributed by atoms with Crippen LogP contribution in [0, 0.1) is 0 Å². The molecule has 0 saturated heterocycles. The summed E-state index contributed by atoms with van der Waals surface area (Å²) in [6, 6.07) is 4.81. The molecule has 0 spiro atoms. The molecule has 1 saturated carbocycles. The van der Waals surface area contributed by atoms with Gasteiger partial charge in [0.15, 0.2) is 5.11 Å². The third-order valence-electron chi connectivity index (χ3n) is 3.17. The molecule has 1 aliphatic rings. The van der Waals surface area contributed by atoms with Gasteiger partial charge in [-0.1, -0.05) is 19.3 Å². The van der Waals surface area contributed by atoms with Gasteiger partial charge in [-0.2, -0.15) is 0 Å². The molecule has 1 aromatic rings. The van der Waals surface area contributed by atoms with Crippen molar-refractivity contribution in [3.05, 3.63) is 18.2 Å². The monoisotopic (exact) mass is 266 g/mol. The first kappa shape index (κ1) is 13.0. The first-order chi connectivity index (χ1) is 8.65. The van der Waals surface area contributed by atoms with Crippen LogP contribution < -0.4 is 10.6 Å². The van der Waals surface area contributed by atoms with Crippen LogP contribution in [0.15, 0.2) is 18.2 Å². The summed E-state index contributed by atoms with van der Waals surface area (Å²) < 4.78 is 0. The lowest BCUT2D eigenvalue weighted by atomic mass is 9.96. The van der Waals surface area contributed by atoms with Crippen molar-refractivity contribution in [1.29, 1.82) is 0 Å². The van der Waals surface area contributed by atoms with Crippen LogP contribution in [0.2, 0.25) is 0 Å². The fraction of sp³-hybridized carbons (Fsp3) is 0.462. The number of phenolic OH excluding ortho intramolecular Hbond substituents is 2. The Hall–Kier alpha value is -1.49. The van der Waals surface area contributed by atoms with E-state index in [9.17, 15) is 10.2 Å². The second-order valence-electron chi connectivity index (χ2n) is 4.63. The highest BCUT2D eigenvalue weighted by atomic mass is 32.1. The minimum Gasteiger partial charge on any atom is -0.508 e. The Morgan fingerprint density at radius 1 is 1.17 bits per heavy atom. The van der Waals surface area contributed by atoms with Gasteiger partial charge in [0.1, 0.15) is 11.5 Å². The molecule has 1 aliphatic carbocycles. The number of phenols is 2. The number of benzene rings is 1. The molecule has 0 heterocycles. The van der Waals surface area contributed by atoms with Crippen LogP contribution in [0.25, 0.3) is 0 Å². The Balaban J connectivity index is 1.90. The van der Waals surface area contributed by atoms with Gasteiger partial charge in [0.05, 0.1) is 5.69 Å². The third kappa shape index (κ3) is 3.50. The Kier molecular flexibility index (Phi) is 4.25. The summed E-state index contributed by atoms with van der Waals surface area (Å²) in [7, 11) is 0. The van der Waals surface area contributed by atoms with E-state index in [0.717, 1.165) is 12.8 Å². The molecule has 18 heavy (non-hydrogen) atoms. The molecule has 5 heteroatoms. The van der Waals surface area contributed by atoms with E-state index in [0.29, 0.717) is 16.8 Å². The van der Waals surface area contributed by atoms with Crippen LogP contribution >= 0.6 is 12.2 Å². The summed E-state index contributed by atoms with van der Waals surface area (Å²) in [5.74, 6) is 0.0204. The molecule has 2 rings (SSSR count). The van der Waals surface area contributed by atoms with Gasteiger partial charge in [-0.25, -0.2) is 0 Å². The summed E-state index contributed by atoms with van der Waals surface area (Å²) in [4.78, 5) is 0. The van der Waals surface area contributed by atoms with Crippen LogP contribution in [0.3, 0.4) is 0 Å². The van der Waals surface area contributed by atoms with Gasteiger partial charge in [0.2, 0.25) is 0 Å². The van der Waals surface area contributed by atoms with Crippen molar-refractivity contribution in [1.82, 2.24) is 5.32 Å².